The molecule has 3 rings (SSSR count). The number of methoxy groups -OCH3 is 2. The summed E-state index contributed by atoms with van der Waals surface area (Å²) < 4.78 is 10.8. The minimum absolute atomic E-state index is 0.123. The highest BCUT2D eigenvalue weighted by molar-refractivity contribution is 5.95. The molecule has 0 bridgehead atoms. The number of fused-ring (bicyclic) bond motifs is 1. The van der Waals surface area contributed by atoms with Gasteiger partial charge in [-0.15, -0.1) is 0 Å². The second-order valence-corrected chi connectivity index (χ2v) is 6.52. The second kappa shape index (κ2) is 8.11. The van der Waals surface area contributed by atoms with E-state index in [2.05, 4.69) is 16.3 Å². The fraction of sp³-hybridized carbons (Fsp3) is 0.333. The first-order valence-electron chi connectivity index (χ1n) is 8.85. The fourth-order valence-corrected chi connectivity index (χ4v) is 3.33. The van der Waals surface area contributed by atoms with Crippen molar-refractivity contribution < 1.29 is 14.3 Å². The Labute approximate surface area is 159 Å². The van der Waals surface area contributed by atoms with Gasteiger partial charge in [0.05, 0.1) is 31.5 Å². The molecule has 6 heteroatoms. The minimum atomic E-state index is -0.321. The van der Waals surface area contributed by atoms with Crippen molar-refractivity contribution in [2.45, 2.75) is 25.9 Å². The van der Waals surface area contributed by atoms with Gasteiger partial charge in [0.2, 0.25) is 5.91 Å². The van der Waals surface area contributed by atoms with Crippen LogP contribution in [-0.4, -0.2) is 37.6 Å². The standard InChI is InChI=1S/C21H23N3O3/c1-14(21(25)23-18-7-5-4-6-16(18)12-22)24-9-8-15-10-19(26-2)20(27-3)11-17(15)13-24/h4-7,10-11,14H,8-9,13H2,1-3H3,(H,23,25). The zero-order valence-electron chi connectivity index (χ0n) is 15.8. The molecule has 1 amide bonds. The lowest BCUT2D eigenvalue weighted by Crippen LogP contribution is -2.44. The zero-order chi connectivity index (χ0) is 19.4. The molecule has 0 aromatic heterocycles. The first-order valence-corrected chi connectivity index (χ1v) is 8.85. The molecule has 1 unspecified atom stereocenters. The number of nitriles is 1. The van der Waals surface area contributed by atoms with Crippen LogP contribution in [0.1, 0.15) is 23.6 Å². The molecule has 1 N–H and O–H groups in total. The lowest BCUT2D eigenvalue weighted by atomic mass is 9.97. The van der Waals surface area contributed by atoms with Crippen LogP contribution in [0, 0.1) is 11.3 Å². The number of para-hydroxylation sites is 1. The van der Waals surface area contributed by atoms with E-state index in [0.717, 1.165) is 24.3 Å². The van der Waals surface area contributed by atoms with Gasteiger partial charge in [0, 0.05) is 13.1 Å². The maximum Gasteiger partial charge on any atom is 0.241 e. The van der Waals surface area contributed by atoms with E-state index in [0.29, 0.717) is 23.5 Å². The van der Waals surface area contributed by atoms with Gasteiger partial charge in [-0.05, 0) is 48.7 Å². The van der Waals surface area contributed by atoms with Crippen molar-refractivity contribution in [3.8, 4) is 17.6 Å². The number of benzene rings is 2. The van der Waals surface area contributed by atoms with Crippen LogP contribution >= 0.6 is 0 Å². The van der Waals surface area contributed by atoms with Gasteiger partial charge in [-0.3, -0.25) is 9.69 Å². The number of ether oxygens (including phenoxy) is 2. The number of rotatable bonds is 5. The average molecular weight is 365 g/mol. The monoisotopic (exact) mass is 365 g/mol. The van der Waals surface area contributed by atoms with Gasteiger partial charge >= 0.3 is 0 Å². The fourth-order valence-electron chi connectivity index (χ4n) is 3.33. The number of hydrogen-bond acceptors (Lipinski definition) is 5. The van der Waals surface area contributed by atoms with Gasteiger partial charge in [0.25, 0.3) is 0 Å². The van der Waals surface area contributed by atoms with Crippen LogP contribution in [0.2, 0.25) is 0 Å². The summed E-state index contributed by atoms with van der Waals surface area (Å²) in [6.45, 7) is 3.32. The van der Waals surface area contributed by atoms with Crippen LogP contribution in [0.5, 0.6) is 11.5 Å². The SMILES string of the molecule is COc1cc2c(cc1OC)CN(C(C)C(=O)Nc1ccccc1C#N)CC2. The highest BCUT2D eigenvalue weighted by Crippen LogP contribution is 2.33. The van der Waals surface area contributed by atoms with Gasteiger partial charge in [0.15, 0.2) is 11.5 Å². The normalized spacial score (nSPS) is 14.6. The topological polar surface area (TPSA) is 74.6 Å². The Morgan fingerprint density at radius 2 is 1.85 bits per heavy atom. The number of anilines is 1. The Bertz CT molecular complexity index is 889. The smallest absolute Gasteiger partial charge is 0.241 e. The Morgan fingerprint density at radius 1 is 1.19 bits per heavy atom. The van der Waals surface area contributed by atoms with Crippen molar-refractivity contribution in [2.24, 2.45) is 0 Å². The van der Waals surface area contributed by atoms with E-state index >= 15 is 0 Å². The summed E-state index contributed by atoms with van der Waals surface area (Å²) in [6.07, 6.45) is 0.835. The van der Waals surface area contributed by atoms with Gasteiger partial charge in [-0.1, -0.05) is 12.1 Å². The maximum absolute atomic E-state index is 12.7. The molecule has 27 heavy (non-hydrogen) atoms. The molecule has 2 aromatic rings. The molecular formula is C21H23N3O3. The van der Waals surface area contributed by atoms with Crippen LogP contribution in [0.3, 0.4) is 0 Å². The molecule has 6 nitrogen and oxygen atoms in total. The van der Waals surface area contributed by atoms with E-state index < -0.39 is 0 Å². The van der Waals surface area contributed by atoms with Crippen LogP contribution in [0.25, 0.3) is 0 Å². The van der Waals surface area contributed by atoms with Crippen LogP contribution in [0.4, 0.5) is 5.69 Å². The molecule has 1 aliphatic heterocycles. The largest absolute Gasteiger partial charge is 0.493 e. The Balaban J connectivity index is 1.74. The summed E-state index contributed by atoms with van der Waals surface area (Å²) in [6, 6.07) is 12.8. The zero-order valence-corrected chi connectivity index (χ0v) is 15.8. The predicted octanol–water partition coefficient (Wildman–Crippen LogP) is 2.96. The lowest BCUT2D eigenvalue weighted by molar-refractivity contribution is -0.121. The van der Waals surface area contributed by atoms with Crippen LogP contribution in [0.15, 0.2) is 36.4 Å². The third-order valence-corrected chi connectivity index (χ3v) is 4.98. The number of amides is 1. The molecule has 2 aromatic carbocycles. The summed E-state index contributed by atoms with van der Waals surface area (Å²) in [5.74, 6) is 1.29. The van der Waals surface area contributed by atoms with Crippen molar-refractivity contribution in [3.63, 3.8) is 0 Å². The third-order valence-electron chi connectivity index (χ3n) is 4.98. The van der Waals surface area contributed by atoms with E-state index in [1.807, 2.05) is 19.1 Å². The number of carbonyl (C=O) groups is 1. The second-order valence-electron chi connectivity index (χ2n) is 6.52. The van der Waals surface area contributed by atoms with Crippen molar-refractivity contribution >= 4 is 11.6 Å². The first kappa shape index (κ1) is 18.7. The molecule has 1 heterocycles. The molecule has 0 radical (unpaired) electrons. The van der Waals surface area contributed by atoms with Gasteiger partial charge in [-0.2, -0.15) is 5.26 Å². The highest BCUT2D eigenvalue weighted by Gasteiger charge is 2.27. The molecule has 0 saturated heterocycles. The Kier molecular flexibility index (Phi) is 5.63. The van der Waals surface area contributed by atoms with Gasteiger partial charge in [-0.25, -0.2) is 0 Å². The summed E-state index contributed by atoms with van der Waals surface area (Å²) in [5, 5.41) is 12.1. The van der Waals surface area contributed by atoms with E-state index in [1.54, 1.807) is 38.5 Å². The summed E-state index contributed by atoms with van der Waals surface area (Å²) >= 11 is 0. The van der Waals surface area contributed by atoms with Gasteiger partial charge in [0.1, 0.15) is 6.07 Å². The van der Waals surface area contributed by atoms with Gasteiger partial charge < -0.3 is 14.8 Å². The van der Waals surface area contributed by atoms with Crippen molar-refractivity contribution in [1.82, 2.24) is 4.90 Å². The molecule has 0 saturated carbocycles. The molecule has 140 valence electrons. The summed E-state index contributed by atoms with van der Waals surface area (Å²) in [4.78, 5) is 14.8. The number of nitrogens with one attached hydrogen (secondary N) is 1. The van der Waals surface area contributed by atoms with Crippen molar-refractivity contribution in [2.75, 3.05) is 26.1 Å². The van der Waals surface area contributed by atoms with E-state index in [1.165, 1.54) is 5.56 Å². The van der Waals surface area contributed by atoms with E-state index in [-0.39, 0.29) is 11.9 Å². The molecule has 1 atom stereocenters. The average Bonchev–Trinajstić information content (AvgIpc) is 2.71. The molecule has 0 aliphatic carbocycles. The quantitative estimate of drug-likeness (QED) is 0.882. The third kappa shape index (κ3) is 3.88. The van der Waals surface area contributed by atoms with Crippen LogP contribution in [-0.2, 0) is 17.8 Å². The van der Waals surface area contributed by atoms with E-state index in [4.69, 9.17) is 9.47 Å². The lowest BCUT2D eigenvalue weighted by Gasteiger charge is -2.33. The van der Waals surface area contributed by atoms with Crippen molar-refractivity contribution in [1.29, 1.82) is 5.26 Å². The van der Waals surface area contributed by atoms with E-state index in [9.17, 15) is 10.1 Å². The highest BCUT2D eigenvalue weighted by atomic mass is 16.5. The first-order chi connectivity index (χ1) is 13.1. The Hall–Kier alpha value is -3.04. The molecular weight excluding hydrogens is 342 g/mol. The molecule has 0 spiro atoms. The number of hydrogen-bond donors (Lipinski definition) is 1. The summed E-state index contributed by atoms with van der Waals surface area (Å²) in [7, 11) is 3.25. The Morgan fingerprint density at radius 3 is 2.52 bits per heavy atom. The predicted molar refractivity (Wildman–Crippen MR) is 103 cm³/mol. The molecule has 0 fully saturated rings. The summed E-state index contributed by atoms with van der Waals surface area (Å²) in [5.41, 5.74) is 3.35. The van der Waals surface area contributed by atoms with Crippen LogP contribution < -0.4 is 14.8 Å². The van der Waals surface area contributed by atoms with Crippen molar-refractivity contribution in [3.05, 3.63) is 53.1 Å². The molecule has 1 aliphatic rings. The minimum Gasteiger partial charge on any atom is -0.493 e. The number of carbonyl (C=O) groups excluding carboxylic acids is 1. The maximum atomic E-state index is 12.7. The number of nitrogens with zero attached hydrogens (tertiary/aromatic N) is 2.